The first-order chi connectivity index (χ1) is 8.38. The van der Waals surface area contributed by atoms with E-state index in [2.05, 4.69) is 25.8 Å². The molecule has 96 valence electrons. The van der Waals surface area contributed by atoms with Crippen molar-refractivity contribution in [2.45, 2.75) is 4.90 Å². The summed E-state index contributed by atoms with van der Waals surface area (Å²) >= 11 is 3.24. The second-order valence-electron chi connectivity index (χ2n) is 3.69. The zero-order chi connectivity index (χ0) is 13.3. The van der Waals surface area contributed by atoms with Crippen molar-refractivity contribution >= 4 is 37.3 Å². The molecule has 0 bridgehead atoms. The molecular weight excluding hydrogens is 320 g/mol. The van der Waals surface area contributed by atoms with E-state index in [0.29, 0.717) is 15.8 Å². The lowest BCUT2D eigenvalue weighted by molar-refractivity contribution is 0.601. The third-order valence-corrected chi connectivity index (χ3v) is 4.27. The minimum atomic E-state index is -3.62. The number of nitrogen functional groups attached to an aromatic ring is 1. The quantitative estimate of drug-likeness (QED) is 0.836. The van der Waals surface area contributed by atoms with Gasteiger partial charge in [-0.3, -0.25) is 9.40 Å². The summed E-state index contributed by atoms with van der Waals surface area (Å²) in [6, 6.07) is 4.81. The summed E-state index contributed by atoms with van der Waals surface area (Å²) in [5.41, 5.74) is 6.60. The molecular formula is C10H11BrN4O2S. The minimum absolute atomic E-state index is 0.109. The van der Waals surface area contributed by atoms with Crippen LogP contribution in [0.25, 0.3) is 0 Å². The third-order valence-electron chi connectivity index (χ3n) is 2.24. The van der Waals surface area contributed by atoms with Crippen molar-refractivity contribution in [1.82, 2.24) is 9.78 Å². The maximum Gasteiger partial charge on any atom is 0.265 e. The summed E-state index contributed by atoms with van der Waals surface area (Å²) in [6.45, 7) is 0. The molecule has 0 saturated carbocycles. The molecule has 0 saturated heterocycles. The molecule has 0 radical (unpaired) electrons. The summed E-state index contributed by atoms with van der Waals surface area (Å²) in [5, 5.41) is 3.82. The molecule has 0 fully saturated rings. The molecule has 0 spiro atoms. The Hall–Kier alpha value is -1.54. The first-order valence-electron chi connectivity index (χ1n) is 4.95. The van der Waals surface area contributed by atoms with Crippen LogP contribution in [0.4, 0.5) is 11.4 Å². The van der Waals surface area contributed by atoms with Crippen LogP contribution in [-0.4, -0.2) is 18.2 Å². The fraction of sp³-hybridized carbons (Fsp3) is 0.100. The Morgan fingerprint density at radius 1 is 1.44 bits per heavy atom. The molecule has 0 amide bonds. The molecule has 0 aliphatic rings. The summed E-state index contributed by atoms with van der Waals surface area (Å²) in [7, 11) is -1.97. The highest BCUT2D eigenvalue weighted by molar-refractivity contribution is 9.10. The Kier molecular flexibility index (Phi) is 3.31. The molecule has 0 aliphatic heterocycles. The largest absolute Gasteiger partial charge is 0.398 e. The van der Waals surface area contributed by atoms with E-state index in [1.807, 2.05) is 0 Å². The number of aryl methyl sites for hydroxylation is 1. The van der Waals surface area contributed by atoms with Crippen LogP contribution in [0.15, 0.2) is 40.0 Å². The smallest absolute Gasteiger partial charge is 0.265 e. The van der Waals surface area contributed by atoms with Gasteiger partial charge in [0.2, 0.25) is 0 Å². The van der Waals surface area contributed by atoms with Crippen LogP contribution in [-0.2, 0) is 17.1 Å². The van der Waals surface area contributed by atoms with Gasteiger partial charge in [-0.2, -0.15) is 5.10 Å². The predicted octanol–water partition coefficient (Wildman–Crippen LogP) is 1.57. The van der Waals surface area contributed by atoms with Gasteiger partial charge in [0.05, 0.1) is 11.9 Å². The van der Waals surface area contributed by atoms with Crippen LogP contribution >= 0.6 is 15.9 Å². The van der Waals surface area contributed by atoms with E-state index in [-0.39, 0.29) is 4.90 Å². The van der Waals surface area contributed by atoms with Crippen molar-refractivity contribution in [3.05, 3.63) is 35.1 Å². The Morgan fingerprint density at radius 3 is 2.72 bits per heavy atom. The van der Waals surface area contributed by atoms with Crippen molar-refractivity contribution in [2.75, 3.05) is 10.5 Å². The van der Waals surface area contributed by atoms with Gasteiger partial charge < -0.3 is 5.73 Å². The second-order valence-corrected chi connectivity index (χ2v) is 6.23. The van der Waals surface area contributed by atoms with Crippen LogP contribution in [0.5, 0.6) is 0 Å². The average molecular weight is 331 g/mol. The zero-order valence-corrected chi connectivity index (χ0v) is 11.9. The molecule has 0 aliphatic carbocycles. The van der Waals surface area contributed by atoms with E-state index < -0.39 is 10.0 Å². The molecule has 0 unspecified atom stereocenters. The Balaban J connectivity index is 2.30. The summed E-state index contributed by atoms with van der Waals surface area (Å²) < 4.78 is 28.5. The van der Waals surface area contributed by atoms with Gasteiger partial charge in [-0.25, -0.2) is 8.42 Å². The molecule has 0 atom stereocenters. The van der Waals surface area contributed by atoms with Gasteiger partial charge >= 0.3 is 0 Å². The predicted molar refractivity (Wildman–Crippen MR) is 72.6 cm³/mol. The number of nitrogens with zero attached hydrogens (tertiary/aromatic N) is 2. The van der Waals surface area contributed by atoms with Crippen molar-refractivity contribution in [3.63, 3.8) is 0 Å². The third kappa shape index (κ3) is 2.65. The number of hydrogen-bond donors (Lipinski definition) is 2. The number of halogens is 1. The number of benzene rings is 1. The molecule has 6 nitrogen and oxygen atoms in total. The van der Waals surface area contributed by atoms with E-state index in [0.717, 1.165) is 0 Å². The summed E-state index contributed by atoms with van der Waals surface area (Å²) in [6.07, 6.45) is 2.71. The molecule has 3 N–H and O–H groups in total. The Bertz CT molecular complexity index is 681. The van der Waals surface area contributed by atoms with E-state index in [1.165, 1.54) is 17.1 Å². The first-order valence-corrected chi connectivity index (χ1v) is 7.22. The second kappa shape index (κ2) is 4.62. The fourth-order valence-electron chi connectivity index (χ4n) is 1.34. The van der Waals surface area contributed by atoms with Gasteiger partial charge in [0.1, 0.15) is 4.90 Å². The van der Waals surface area contributed by atoms with E-state index in [4.69, 9.17) is 5.73 Å². The van der Waals surface area contributed by atoms with Crippen LogP contribution in [0.3, 0.4) is 0 Å². The lowest BCUT2D eigenvalue weighted by atomic mass is 10.3. The van der Waals surface area contributed by atoms with Gasteiger partial charge in [0, 0.05) is 23.4 Å². The summed E-state index contributed by atoms with van der Waals surface area (Å²) in [5.74, 6) is 0. The molecule has 2 aromatic rings. The molecule has 1 aromatic carbocycles. The molecule has 18 heavy (non-hydrogen) atoms. The number of anilines is 2. The zero-order valence-electron chi connectivity index (χ0n) is 9.46. The van der Waals surface area contributed by atoms with Crippen LogP contribution in [0, 0.1) is 0 Å². The van der Waals surface area contributed by atoms with Crippen molar-refractivity contribution in [2.24, 2.45) is 7.05 Å². The molecule has 1 heterocycles. The molecule has 2 rings (SSSR count). The van der Waals surface area contributed by atoms with Crippen LogP contribution in [0.1, 0.15) is 0 Å². The fourth-order valence-corrected chi connectivity index (χ4v) is 2.75. The topological polar surface area (TPSA) is 90.0 Å². The lowest BCUT2D eigenvalue weighted by Gasteiger charge is -2.07. The number of aromatic nitrogens is 2. The Labute approximate surface area is 113 Å². The van der Waals surface area contributed by atoms with Crippen LogP contribution < -0.4 is 10.5 Å². The SMILES string of the molecule is Cn1cc(S(=O)(=O)Nc2ccc(N)c(Br)c2)cn1. The monoisotopic (exact) mass is 330 g/mol. The lowest BCUT2D eigenvalue weighted by Crippen LogP contribution is -2.12. The van der Waals surface area contributed by atoms with E-state index >= 15 is 0 Å². The van der Waals surface area contributed by atoms with Gasteiger partial charge in [0.25, 0.3) is 10.0 Å². The number of hydrogen-bond acceptors (Lipinski definition) is 4. The van der Waals surface area contributed by atoms with Gasteiger partial charge in [-0.05, 0) is 34.1 Å². The highest BCUT2D eigenvalue weighted by Crippen LogP contribution is 2.24. The number of rotatable bonds is 3. The van der Waals surface area contributed by atoms with Gasteiger partial charge in [-0.1, -0.05) is 0 Å². The summed E-state index contributed by atoms with van der Waals surface area (Å²) in [4.78, 5) is 0.109. The van der Waals surface area contributed by atoms with Crippen molar-refractivity contribution in [3.8, 4) is 0 Å². The molecule has 8 heteroatoms. The minimum Gasteiger partial charge on any atom is -0.398 e. The average Bonchev–Trinajstić information content (AvgIpc) is 2.71. The number of nitrogens with two attached hydrogens (primary N) is 1. The standard InChI is InChI=1S/C10H11BrN4O2S/c1-15-6-8(5-13-15)18(16,17)14-7-2-3-10(12)9(11)4-7/h2-6,14H,12H2,1H3. The highest BCUT2D eigenvalue weighted by Gasteiger charge is 2.16. The van der Waals surface area contributed by atoms with E-state index in [9.17, 15) is 8.42 Å². The number of nitrogens with one attached hydrogen (secondary N) is 1. The van der Waals surface area contributed by atoms with Crippen molar-refractivity contribution < 1.29 is 8.42 Å². The van der Waals surface area contributed by atoms with Gasteiger partial charge in [-0.15, -0.1) is 0 Å². The maximum absolute atomic E-state index is 12.0. The van der Waals surface area contributed by atoms with E-state index in [1.54, 1.807) is 25.2 Å². The first kappa shape index (κ1) is 12.9. The molecule has 1 aromatic heterocycles. The van der Waals surface area contributed by atoms with Gasteiger partial charge in [0.15, 0.2) is 0 Å². The Morgan fingerprint density at radius 2 is 2.17 bits per heavy atom. The number of sulfonamides is 1. The van der Waals surface area contributed by atoms with Crippen LogP contribution in [0.2, 0.25) is 0 Å². The maximum atomic E-state index is 12.0. The highest BCUT2D eigenvalue weighted by atomic mass is 79.9. The normalized spacial score (nSPS) is 11.4. The van der Waals surface area contributed by atoms with Crippen molar-refractivity contribution in [1.29, 1.82) is 0 Å².